The van der Waals surface area contributed by atoms with Gasteiger partial charge in [-0.2, -0.15) is 0 Å². The fraction of sp³-hybridized carbons (Fsp3) is 1.00. The van der Waals surface area contributed by atoms with E-state index in [0.717, 1.165) is 45.6 Å². The zero-order chi connectivity index (χ0) is 10.9. The van der Waals surface area contributed by atoms with E-state index in [1.807, 2.05) is 0 Å². The number of hydrogen-bond acceptors (Lipinski definition) is 3. The lowest BCUT2D eigenvalue weighted by Crippen LogP contribution is -2.46. The Bertz CT molecular complexity index is 222. The van der Waals surface area contributed by atoms with Crippen LogP contribution in [0.4, 0.5) is 0 Å². The summed E-state index contributed by atoms with van der Waals surface area (Å²) in [6.07, 6.45) is 3.33. The van der Waals surface area contributed by atoms with Crippen molar-refractivity contribution in [3.63, 3.8) is 0 Å². The van der Waals surface area contributed by atoms with Gasteiger partial charge in [0, 0.05) is 19.6 Å². The highest BCUT2D eigenvalue weighted by molar-refractivity contribution is 4.94. The van der Waals surface area contributed by atoms with E-state index in [0.29, 0.717) is 5.92 Å². The van der Waals surface area contributed by atoms with Gasteiger partial charge >= 0.3 is 0 Å². The molecular formula is C12H23NO2. The smallest absolute Gasteiger partial charge is 0.0939 e. The molecule has 0 radical (unpaired) electrons. The molecule has 0 aromatic rings. The fourth-order valence-electron chi connectivity index (χ4n) is 2.72. The van der Waals surface area contributed by atoms with Gasteiger partial charge in [-0.3, -0.25) is 0 Å². The van der Waals surface area contributed by atoms with E-state index in [2.05, 4.69) is 13.8 Å². The number of hydrogen-bond donors (Lipinski definition) is 1. The van der Waals surface area contributed by atoms with Crippen LogP contribution in [-0.4, -0.2) is 32.0 Å². The Labute approximate surface area is 92.3 Å². The van der Waals surface area contributed by atoms with E-state index >= 15 is 0 Å². The first-order valence-corrected chi connectivity index (χ1v) is 6.00. The molecule has 2 rings (SSSR count). The molecule has 2 aliphatic heterocycles. The largest absolute Gasteiger partial charge is 0.378 e. The van der Waals surface area contributed by atoms with Gasteiger partial charge in [-0.1, -0.05) is 13.8 Å². The maximum atomic E-state index is 5.93. The maximum absolute atomic E-state index is 5.93. The third-order valence-corrected chi connectivity index (χ3v) is 4.19. The summed E-state index contributed by atoms with van der Waals surface area (Å²) in [5.74, 6) is 0.679. The molecule has 3 nitrogen and oxygen atoms in total. The minimum Gasteiger partial charge on any atom is -0.378 e. The Balaban J connectivity index is 2.03. The van der Waals surface area contributed by atoms with Crippen LogP contribution in [0.25, 0.3) is 0 Å². The normalized spacial score (nSPS) is 37.4. The highest BCUT2D eigenvalue weighted by Gasteiger charge is 2.44. The molecule has 88 valence electrons. The van der Waals surface area contributed by atoms with Gasteiger partial charge in [0.2, 0.25) is 0 Å². The third kappa shape index (κ3) is 2.19. The van der Waals surface area contributed by atoms with E-state index in [-0.39, 0.29) is 11.0 Å². The van der Waals surface area contributed by atoms with Crippen molar-refractivity contribution < 1.29 is 9.47 Å². The molecule has 2 N–H and O–H groups in total. The first-order chi connectivity index (χ1) is 7.08. The lowest BCUT2D eigenvalue weighted by molar-refractivity contribution is -0.115. The van der Waals surface area contributed by atoms with Crippen LogP contribution in [-0.2, 0) is 9.47 Å². The fourth-order valence-corrected chi connectivity index (χ4v) is 2.72. The molecule has 0 bridgehead atoms. The highest BCUT2D eigenvalue weighted by atomic mass is 16.6. The van der Waals surface area contributed by atoms with Gasteiger partial charge in [0.05, 0.1) is 12.2 Å². The van der Waals surface area contributed by atoms with Crippen LogP contribution in [0, 0.1) is 11.3 Å². The molecule has 0 saturated carbocycles. The van der Waals surface area contributed by atoms with E-state index in [4.69, 9.17) is 15.2 Å². The zero-order valence-electron chi connectivity index (χ0n) is 9.92. The van der Waals surface area contributed by atoms with E-state index in [1.165, 1.54) is 0 Å². The van der Waals surface area contributed by atoms with Crippen molar-refractivity contribution in [3.8, 4) is 0 Å². The first-order valence-electron chi connectivity index (χ1n) is 6.00. The molecule has 1 spiro atoms. The minimum absolute atomic E-state index is 0.0232. The number of ether oxygens (including phenoxy) is 2. The van der Waals surface area contributed by atoms with Gasteiger partial charge in [-0.25, -0.2) is 0 Å². The second kappa shape index (κ2) is 4.04. The topological polar surface area (TPSA) is 44.5 Å². The lowest BCUT2D eigenvalue weighted by Gasteiger charge is -2.43. The van der Waals surface area contributed by atoms with Gasteiger partial charge in [0.25, 0.3) is 0 Å². The molecule has 2 heterocycles. The Morgan fingerprint density at radius 1 is 1.40 bits per heavy atom. The Morgan fingerprint density at radius 2 is 2.20 bits per heavy atom. The van der Waals surface area contributed by atoms with Crippen molar-refractivity contribution >= 4 is 0 Å². The van der Waals surface area contributed by atoms with Crippen molar-refractivity contribution in [2.24, 2.45) is 17.1 Å². The van der Waals surface area contributed by atoms with Crippen molar-refractivity contribution in [1.29, 1.82) is 0 Å². The van der Waals surface area contributed by atoms with E-state index < -0.39 is 0 Å². The Morgan fingerprint density at radius 3 is 2.80 bits per heavy atom. The number of nitrogens with two attached hydrogens (primary N) is 1. The van der Waals surface area contributed by atoms with Crippen LogP contribution < -0.4 is 5.73 Å². The van der Waals surface area contributed by atoms with Gasteiger partial charge in [-0.05, 0) is 30.7 Å². The third-order valence-electron chi connectivity index (χ3n) is 4.19. The monoisotopic (exact) mass is 213 g/mol. The van der Waals surface area contributed by atoms with Crippen LogP contribution >= 0.6 is 0 Å². The van der Waals surface area contributed by atoms with Gasteiger partial charge < -0.3 is 15.2 Å². The summed E-state index contributed by atoms with van der Waals surface area (Å²) in [6.45, 7) is 7.81. The molecule has 2 fully saturated rings. The molecule has 2 unspecified atom stereocenters. The summed E-state index contributed by atoms with van der Waals surface area (Å²) in [7, 11) is 0. The Hall–Kier alpha value is -0.120. The quantitative estimate of drug-likeness (QED) is 0.757. The summed E-state index contributed by atoms with van der Waals surface area (Å²) in [6, 6.07) is 0. The zero-order valence-corrected chi connectivity index (χ0v) is 9.92. The minimum atomic E-state index is 0.0232. The molecular weight excluding hydrogens is 190 g/mol. The molecule has 3 heteroatoms. The maximum Gasteiger partial charge on any atom is 0.0939 e. The van der Waals surface area contributed by atoms with Crippen molar-refractivity contribution in [1.82, 2.24) is 0 Å². The summed E-state index contributed by atoms with van der Waals surface area (Å²) < 4.78 is 11.4. The second-order valence-corrected chi connectivity index (χ2v) is 5.72. The average Bonchev–Trinajstić information content (AvgIpc) is 2.66. The summed E-state index contributed by atoms with van der Waals surface area (Å²) in [5, 5.41) is 0. The molecule has 0 aliphatic carbocycles. The van der Waals surface area contributed by atoms with Gasteiger partial charge in [0.1, 0.15) is 0 Å². The standard InChI is InChI=1S/C12H23NO2/c1-11(2,8-13)10-3-5-15-12(7-10)4-6-14-9-12/h10H,3-9,13H2,1-2H3. The van der Waals surface area contributed by atoms with E-state index in [1.54, 1.807) is 0 Å². The van der Waals surface area contributed by atoms with Crippen LogP contribution in [0.1, 0.15) is 33.1 Å². The van der Waals surface area contributed by atoms with Crippen LogP contribution in [0.5, 0.6) is 0 Å². The van der Waals surface area contributed by atoms with Gasteiger partial charge in [0.15, 0.2) is 0 Å². The van der Waals surface area contributed by atoms with Gasteiger partial charge in [-0.15, -0.1) is 0 Å². The Kier molecular flexibility index (Phi) is 3.06. The molecule has 0 aromatic carbocycles. The van der Waals surface area contributed by atoms with Crippen LogP contribution in [0.2, 0.25) is 0 Å². The summed E-state index contributed by atoms with van der Waals surface area (Å²) in [5.41, 5.74) is 6.11. The van der Waals surface area contributed by atoms with Crippen molar-refractivity contribution in [2.45, 2.75) is 38.7 Å². The molecule has 15 heavy (non-hydrogen) atoms. The molecule has 2 atom stereocenters. The first kappa shape index (κ1) is 11.4. The summed E-state index contributed by atoms with van der Waals surface area (Å²) in [4.78, 5) is 0. The second-order valence-electron chi connectivity index (χ2n) is 5.72. The SMILES string of the molecule is CC(C)(CN)C1CCOC2(CCOC2)C1. The molecule has 0 aromatic heterocycles. The molecule has 2 aliphatic rings. The van der Waals surface area contributed by atoms with E-state index in [9.17, 15) is 0 Å². The average molecular weight is 213 g/mol. The van der Waals surface area contributed by atoms with Crippen molar-refractivity contribution in [2.75, 3.05) is 26.4 Å². The predicted molar refractivity (Wildman–Crippen MR) is 59.7 cm³/mol. The molecule has 2 saturated heterocycles. The van der Waals surface area contributed by atoms with Crippen molar-refractivity contribution in [3.05, 3.63) is 0 Å². The highest BCUT2D eigenvalue weighted by Crippen LogP contribution is 2.42. The van der Waals surface area contributed by atoms with Crippen LogP contribution in [0.15, 0.2) is 0 Å². The molecule has 0 amide bonds. The number of rotatable bonds is 2. The predicted octanol–water partition coefficient (Wildman–Crippen LogP) is 1.56. The summed E-state index contributed by atoms with van der Waals surface area (Å²) >= 11 is 0. The van der Waals surface area contributed by atoms with Crippen LogP contribution in [0.3, 0.4) is 0 Å². The lowest BCUT2D eigenvalue weighted by atomic mass is 9.70.